The van der Waals surface area contributed by atoms with Gasteiger partial charge in [-0.25, -0.2) is 0 Å². The molecule has 2 amide bonds. The van der Waals surface area contributed by atoms with Crippen LogP contribution in [-0.2, 0) is 34.4 Å². The lowest BCUT2D eigenvalue weighted by Crippen LogP contribution is -2.54. The van der Waals surface area contributed by atoms with Crippen LogP contribution >= 0.6 is 0 Å². The molecule has 1 unspecified atom stereocenters. The third kappa shape index (κ3) is 4.92. The highest BCUT2D eigenvalue weighted by Crippen LogP contribution is 2.49. The second kappa shape index (κ2) is 11.3. The van der Waals surface area contributed by atoms with Crippen LogP contribution < -0.4 is 10.6 Å². The number of carbonyl (C=O) groups excluding carboxylic acids is 2. The van der Waals surface area contributed by atoms with Crippen molar-refractivity contribution in [3.63, 3.8) is 0 Å². The zero-order valence-electron chi connectivity index (χ0n) is 23.2. The Labute approximate surface area is 236 Å². The first kappa shape index (κ1) is 26.3. The fourth-order valence-corrected chi connectivity index (χ4v) is 6.98. The van der Waals surface area contributed by atoms with E-state index in [1.54, 1.807) is 0 Å². The van der Waals surface area contributed by atoms with E-state index in [0.29, 0.717) is 19.5 Å². The van der Waals surface area contributed by atoms with Crippen LogP contribution in [0.3, 0.4) is 0 Å². The number of hydrogen-bond acceptors (Lipinski definition) is 3. The summed E-state index contributed by atoms with van der Waals surface area (Å²) in [6.45, 7) is 4.88. The number of aromatic nitrogens is 1. The number of aromatic amines is 1. The van der Waals surface area contributed by atoms with Gasteiger partial charge in [0.2, 0.25) is 11.8 Å². The summed E-state index contributed by atoms with van der Waals surface area (Å²) in [5.41, 5.74) is 5.55. The summed E-state index contributed by atoms with van der Waals surface area (Å²) < 4.78 is 0. The number of amides is 2. The number of likely N-dealkylation sites (N-methyl/N-ethyl adjacent to an activating group) is 1. The number of nitrogens with zero attached hydrogens (tertiary/aromatic N) is 1. The van der Waals surface area contributed by atoms with Crippen LogP contribution in [0, 0.1) is 5.92 Å². The van der Waals surface area contributed by atoms with Crippen LogP contribution in [0.1, 0.15) is 42.0 Å². The number of benzene rings is 3. The molecule has 0 radical (unpaired) electrons. The van der Waals surface area contributed by atoms with E-state index in [2.05, 4.69) is 45.9 Å². The number of carbonyl (C=O) groups is 2. The molecule has 6 nitrogen and oxygen atoms in total. The Kier molecular flexibility index (Phi) is 7.44. The van der Waals surface area contributed by atoms with Gasteiger partial charge in [0, 0.05) is 42.0 Å². The van der Waals surface area contributed by atoms with Gasteiger partial charge in [0.25, 0.3) is 0 Å². The second-order valence-electron chi connectivity index (χ2n) is 11.3. The molecule has 2 atom stereocenters. The molecule has 1 aliphatic heterocycles. The minimum atomic E-state index is -0.655. The molecular formula is C34H38N4O2. The lowest BCUT2D eigenvalue weighted by molar-refractivity contribution is -0.138. The van der Waals surface area contributed by atoms with Crippen LogP contribution in [0.5, 0.6) is 0 Å². The predicted molar refractivity (Wildman–Crippen MR) is 159 cm³/mol. The van der Waals surface area contributed by atoms with Gasteiger partial charge < -0.3 is 20.5 Å². The topological polar surface area (TPSA) is 77.2 Å². The maximum Gasteiger partial charge on any atom is 0.245 e. The summed E-state index contributed by atoms with van der Waals surface area (Å²) in [5.74, 6) is -0.235. The fraction of sp³-hybridized carbons (Fsp3) is 0.353. The quantitative estimate of drug-likeness (QED) is 0.306. The molecule has 3 N–H and O–H groups in total. The number of H-pyrrole nitrogens is 1. The van der Waals surface area contributed by atoms with E-state index in [-0.39, 0.29) is 23.1 Å². The molecule has 0 saturated carbocycles. The smallest absolute Gasteiger partial charge is 0.245 e. The molecule has 4 aromatic rings. The third-order valence-corrected chi connectivity index (χ3v) is 9.08. The zero-order chi connectivity index (χ0) is 27.5. The summed E-state index contributed by atoms with van der Waals surface area (Å²) in [4.78, 5) is 33.6. The minimum absolute atomic E-state index is 0.00736. The molecule has 3 aromatic carbocycles. The van der Waals surface area contributed by atoms with Crippen LogP contribution in [0.4, 0.5) is 0 Å². The van der Waals surface area contributed by atoms with Crippen molar-refractivity contribution in [1.29, 1.82) is 0 Å². The summed E-state index contributed by atoms with van der Waals surface area (Å²) in [5, 5.41) is 7.87. The molecule has 6 rings (SSSR count). The van der Waals surface area contributed by atoms with Crippen molar-refractivity contribution in [2.24, 2.45) is 5.92 Å². The summed E-state index contributed by atoms with van der Waals surface area (Å²) in [6, 6.07) is 26.1. The molecule has 0 bridgehead atoms. The molecule has 1 saturated heterocycles. The highest BCUT2D eigenvalue weighted by Gasteiger charge is 2.50. The maximum absolute atomic E-state index is 14.3. The Bertz CT molecular complexity index is 1490. The SMILES string of the molecule is CCN(Cc1ccccc1)C(=O)[C@H](Cc1c[nH]c2ccccc12)NC(=O)C1Cc2ccccc2C12CCNCC2. The first-order valence-corrected chi connectivity index (χ1v) is 14.6. The Morgan fingerprint density at radius 2 is 1.70 bits per heavy atom. The number of hydrogen-bond donors (Lipinski definition) is 3. The van der Waals surface area contributed by atoms with Crippen LogP contribution in [0.2, 0.25) is 0 Å². The van der Waals surface area contributed by atoms with E-state index in [9.17, 15) is 9.59 Å². The lowest BCUT2D eigenvalue weighted by Gasteiger charge is -2.40. The van der Waals surface area contributed by atoms with E-state index in [1.165, 1.54) is 11.1 Å². The molecule has 1 fully saturated rings. The van der Waals surface area contributed by atoms with Crippen molar-refractivity contribution >= 4 is 22.7 Å². The third-order valence-electron chi connectivity index (χ3n) is 9.08. The Balaban J connectivity index is 1.30. The van der Waals surface area contributed by atoms with Gasteiger partial charge >= 0.3 is 0 Å². The average molecular weight is 535 g/mol. The fourth-order valence-electron chi connectivity index (χ4n) is 6.98. The highest BCUT2D eigenvalue weighted by molar-refractivity contribution is 5.91. The van der Waals surface area contributed by atoms with E-state index < -0.39 is 6.04 Å². The van der Waals surface area contributed by atoms with Crippen LogP contribution in [-0.4, -0.2) is 47.4 Å². The Morgan fingerprint density at radius 1 is 0.975 bits per heavy atom. The van der Waals surface area contributed by atoms with Crippen molar-refractivity contribution in [3.05, 3.63) is 107 Å². The molecule has 2 heterocycles. The zero-order valence-corrected chi connectivity index (χ0v) is 23.2. The molecule has 1 aliphatic carbocycles. The second-order valence-corrected chi connectivity index (χ2v) is 11.3. The largest absolute Gasteiger partial charge is 0.361 e. The highest BCUT2D eigenvalue weighted by atomic mass is 16.2. The molecular weight excluding hydrogens is 496 g/mol. The van der Waals surface area contributed by atoms with E-state index >= 15 is 0 Å². The van der Waals surface area contributed by atoms with Crippen molar-refractivity contribution in [1.82, 2.24) is 20.5 Å². The normalized spacial score (nSPS) is 18.4. The monoisotopic (exact) mass is 534 g/mol. The first-order chi connectivity index (χ1) is 19.6. The number of fused-ring (bicyclic) bond motifs is 3. The number of para-hydroxylation sites is 1. The van der Waals surface area contributed by atoms with Crippen LogP contribution in [0.25, 0.3) is 10.9 Å². The molecule has 40 heavy (non-hydrogen) atoms. The maximum atomic E-state index is 14.3. The van der Waals surface area contributed by atoms with Gasteiger partial charge in [0.1, 0.15) is 6.04 Å². The Hall–Kier alpha value is -3.90. The Morgan fingerprint density at radius 3 is 2.50 bits per heavy atom. The van der Waals surface area contributed by atoms with E-state index in [4.69, 9.17) is 0 Å². The number of piperidine rings is 1. The molecule has 1 aromatic heterocycles. The molecule has 1 spiro atoms. The van der Waals surface area contributed by atoms with Gasteiger partial charge in [-0.3, -0.25) is 9.59 Å². The molecule has 6 heteroatoms. The van der Waals surface area contributed by atoms with Gasteiger partial charge in [-0.2, -0.15) is 0 Å². The van der Waals surface area contributed by atoms with E-state index in [0.717, 1.165) is 54.4 Å². The lowest BCUT2D eigenvalue weighted by atomic mass is 9.68. The van der Waals surface area contributed by atoms with Crippen molar-refractivity contribution in [2.75, 3.05) is 19.6 Å². The predicted octanol–water partition coefficient (Wildman–Crippen LogP) is 4.74. The summed E-state index contributed by atoms with van der Waals surface area (Å²) in [7, 11) is 0. The van der Waals surface area contributed by atoms with Gasteiger partial charge in [-0.1, -0.05) is 72.8 Å². The van der Waals surface area contributed by atoms with Gasteiger partial charge in [0.05, 0.1) is 5.92 Å². The van der Waals surface area contributed by atoms with E-state index in [1.807, 2.05) is 66.6 Å². The number of nitrogens with one attached hydrogen (secondary N) is 3. The van der Waals surface area contributed by atoms with Crippen molar-refractivity contribution < 1.29 is 9.59 Å². The van der Waals surface area contributed by atoms with Gasteiger partial charge in [-0.05, 0) is 67.6 Å². The van der Waals surface area contributed by atoms with Crippen molar-refractivity contribution in [3.8, 4) is 0 Å². The summed E-state index contributed by atoms with van der Waals surface area (Å²) >= 11 is 0. The van der Waals surface area contributed by atoms with Crippen LogP contribution in [0.15, 0.2) is 85.1 Å². The minimum Gasteiger partial charge on any atom is -0.361 e. The molecule has 206 valence electrons. The number of rotatable bonds is 8. The standard InChI is InChI=1S/C34H38N4O2/c1-2-38(23-24-10-4-3-5-11-24)33(40)31(21-26-22-36-30-15-9-7-13-27(26)30)37-32(39)29-20-25-12-6-8-14-28(25)34(29)16-18-35-19-17-34/h3-15,22,29,31,35-36H,2,16-21,23H2,1H3,(H,37,39)/t29?,31-/m0/s1. The first-order valence-electron chi connectivity index (χ1n) is 14.6. The average Bonchev–Trinajstić information content (AvgIpc) is 3.55. The van der Waals surface area contributed by atoms with Gasteiger partial charge in [-0.15, -0.1) is 0 Å². The van der Waals surface area contributed by atoms with Gasteiger partial charge in [0.15, 0.2) is 0 Å². The van der Waals surface area contributed by atoms with Crippen molar-refractivity contribution in [2.45, 2.75) is 50.6 Å². The summed E-state index contributed by atoms with van der Waals surface area (Å²) in [6.07, 6.45) is 4.99. The molecule has 2 aliphatic rings.